The normalized spacial score (nSPS) is 14.9. The van der Waals surface area contributed by atoms with E-state index in [1.165, 1.54) is 16.8 Å². The number of fused-ring (bicyclic) bond motifs is 1. The Hall–Kier alpha value is -2.00. The highest BCUT2D eigenvalue weighted by Crippen LogP contribution is 2.34. The van der Waals surface area contributed by atoms with Gasteiger partial charge in [-0.2, -0.15) is 0 Å². The lowest BCUT2D eigenvalue weighted by molar-refractivity contribution is 0.340. The molecule has 1 atom stereocenters. The molecule has 0 saturated carbocycles. The standard InChI is InChI=1S/C18H22N2O/c1-2-21-16-9-7-15(8-10-16)18(13-19)20-12-11-14-5-3-4-6-17(14)20/h3-10,18H,2,11-13,19H2,1H3. The molecule has 3 nitrogen and oxygen atoms in total. The highest BCUT2D eigenvalue weighted by Gasteiger charge is 2.25. The van der Waals surface area contributed by atoms with E-state index in [-0.39, 0.29) is 6.04 Å². The molecule has 0 amide bonds. The molecule has 0 radical (unpaired) electrons. The quantitative estimate of drug-likeness (QED) is 0.915. The van der Waals surface area contributed by atoms with Crippen molar-refractivity contribution >= 4 is 5.69 Å². The fourth-order valence-electron chi connectivity index (χ4n) is 3.08. The molecule has 0 saturated heterocycles. The fourth-order valence-corrected chi connectivity index (χ4v) is 3.08. The fraction of sp³-hybridized carbons (Fsp3) is 0.333. The van der Waals surface area contributed by atoms with E-state index in [4.69, 9.17) is 10.5 Å². The van der Waals surface area contributed by atoms with Crippen LogP contribution in [-0.2, 0) is 6.42 Å². The Morgan fingerprint density at radius 3 is 2.62 bits per heavy atom. The molecule has 0 spiro atoms. The first-order valence-corrected chi connectivity index (χ1v) is 7.61. The maximum absolute atomic E-state index is 6.07. The summed E-state index contributed by atoms with van der Waals surface area (Å²) in [6.07, 6.45) is 1.10. The maximum atomic E-state index is 6.07. The smallest absolute Gasteiger partial charge is 0.119 e. The van der Waals surface area contributed by atoms with E-state index in [9.17, 15) is 0 Å². The second kappa shape index (κ2) is 6.19. The van der Waals surface area contributed by atoms with Crippen molar-refractivity contribution in [1.29, 1.82) is 0 Å². The van der Waals surface area contributed by atoms with Gasteiger partial charge in [-0.05, 0) is 42.7 Å². The minimum atomic E-state index is 0.226. The van der Waals surface area contributed by atoms with Gasteiger partial charge < -0.3 is 15.4 Å². The molecule has 3 rings (SSSR count). The van der Waals surface area contributed by atoms with Crippen LogP contribution in [0.5, 0.6) is 5.75 Å². The van der Waals surface area contributed by atoms with E-state index >= 15 is 0 Å². The van der Waals surface area contributed by atoms with Crippen LogP contribution >= 0.6 is 0 Å². The minimum Gasteiger partial charge on any atom is -0.494 e. The van der Waals surface area contributed by atoms with Gasteiger partial charge in [-0.1, -0.05) is 30.3 Å². The molecule has 1 aliphatic rings. The molecule has 0 fully saturated rings. The first-order valence-electron chi connectivity index (χ1n) is 7.61. The Morgan fingerprint density at radius 2 is 1.90 bits per heavy atom. The summed E-state index contributed by atoms with van der Waals surface area (Å²) in [6.45, 7) is 4.34. The number of nitrogens with zero attached hydrogens (tertiary/aromatic N) is 1. The van der Waals surface area contributed by atoms with Crippen molar-refractivity contribution in [3.63, 3.8) is 0 Å². The summed E-state index contributed by atoms with van der Waals surface area (Å²) in [5.41, 5.74) is 10.1. The van der Waals surface area contributed by atoms with Crippen molar-refractivity contribution in [3.8, 4) is 5.75 Å². The molecule has 2 aromatic carbocycles. The molecule has 3 heteroatoms. The highest BCUT2D eigenvalue weighted by molar-refractivity contribution is 5.59. The van der Waals surface area contributed by atoms with Crippen LogP contribution in [0.15, 0.2) is 48.5 Å². The Bertz CT molecular complexity index is 594. The van der Waals surface area contributed by atoms with Gasteiger partial charge in [0.2, 0.25) is 0 Å². The maximum Gasteiger partial charge on any atom is 0.119 e. The van der Waals surface area contributed by atoms with Gasteiger partial charge in [0.05, 0.1) is 12.6 Å². The molecule has 2 N–H and O–H groups in total. The Morgan fingerprint density at radius 1 is 1.14 bits per heavy atom. The van der Waals surface area contributed by atoms with Crippen LogP contribution in [0.3, 0.4) is 0 Å². The molecule has 21 heavy (non-hydrogen) atoms. The SMILES string of the molecule is CCOc1ccc(C(CN)N2CCc3ccccc32)cc1. The average molecular weight is 282 g/mol. The van der Waals surface area contributed by atoms with E-state index in [1.54, 1.807) is 0 Å². The van der Waals surface area contributed by atoms with Gasteiger partial charge >= 0.3 is 0 Å². The zero-order valence-electron chi connectivity index (χ0n) is 12.5. The molecule has 1 aliphatic heterocycles. The van der Waals surface area contributed by atoms with Crippen LogP contribution in [0.1, 0.15) is 24.1 Å². The van der Waals surface area contributed by atoms with Crippen LogP contribution in [0.2, 0.25) is 0 Å². The molecule has 1 unspecified atom stereocenters. The molecule has 2 aromatic rings. The summed E-state index contributed by atoms with van der Waals surface area (Å²) in [7, 11) is 0. The number of para-hydroxylation sites is 1. The van der Waals surface area contributed by atoms with Gasteiger partial charge in [0.15, 0.2) is 0 Å². The first kappa shape index (κ1) is 14.0. The Balaban J connectivity index is 1.85. The third-order valence-electron chi connectivity index (χ3n) is 4.10. The largest absolute Gasteiger partial charge is 0.494 e. The van der Waals surface area contributed by atoms with Crippen LogP contribution < -0.4 is 15.4 Å². The number of nitrogens with two attached hydrogens (primary N) is 1. The van der Waals surface area contributed by atoms with E-state index in [0.717, 1.165) is 18.7 Å². The third kappa shape index (κ3) is 2.74. The molecule has 110 valence electrons. The highest BCUT2D eigenvalue weighted by atomic mass is 16.5. The summed E-state index contributed by atoms with van der Waals surface area (Å²) < 4.78 is 5.51. The van der Waals surface area contributed by atoms with Crippen molar-refractivity contribution in [1.82, 2.24) is 0 Å². The summed E-state index contributed by atoms with van der Waals surface area (Å²) >= 11 is 0. The van der Waals surface area contributed by atoms with E-state index in [2.05, 4.69) is 41.3 Å². The number of anilines is 1. The number of ether oxygens (including phenoxy) is 1. The van der Waals surface area contributed by atoms with Crippen LogP contribution in [0, 0.1) is 0 Å². The predicted molar refractivity (Wildman–Crippen MR) is 86.9 cm³/mol. The zero-order chi connectivity index (χ0) is 14.7. The van der Waals surface area contributed by atoms with Crippen molar-refractivity contribution < 1.29 is 4.74 Å². The number of benzene rings is 2. The van der Waals surface area contributed by atoms with Crippen molar-refractivity contribution in [2.75, 3.05) is 24.6 Å². The second-order valence-electron chi connectivity index (χ2n) is 5.33. The summed E-state index contributed by atoms with van der Waals surface area (Å²) in [4.78, 5) is 2.42. The molecular formula is C18H22N2O. The van der Waals surface area contributed by atoms with Gasteiger partial charge in [0.25, 0.3) is 0 Å². The number of hydrogen-bond acceptors (Lipinski definition) is 3. The van der Waals surface area contributed by atoms with Gasteiger partial charge in [-0.3, -0.25) is 0 Å². The molecule has 0 aliphatic carbocycles. The summed E-state index contributed by atoms with van der Waals surface area (Å²) in [6, 6.07) is 17.2. The van der Waals surface area contributed by atoms with Gasteiger partial charge in [-0.25, -0.2) is 0 Å². The van der Waals surface area contributed by atoms with Crippen molar-refractivity contribution in [3.05, 3.63) is 59.7 Å². The van der Waals surface area contributed by atoms with Crippen LogP contribution in [0.25, 0.3) is 0 Å². The molecule has 0 aromatic heterocycles. The van der Waals surface area contributed by atoms with Crippen molar-refractivity contribution in [2.45, 2.75) is 19.4 Å². The van der Waals surface area contributed by atoms with E-state index in [1.807, 2.05) is 19.1 Å². The predicted octanol–water partition coefficient (Wildman–Crippen LogP) is 3.15. The first-order chi connectivity index (χ1) is 10.3. The monoisotopic (exact) mass is 282 g/mol. The van der Waals surface area contributed by atoms with Crippen LogP contribution in [-0.4, -0.2) is 19.7 Å². The summed E-state index contributed by atoms with van der Waals surface area (Å²) in [5.74, 6) is 0.916. The Labute approximate surface area is 126 Å². The minimum absolute atomic E-state index is 0.226. The molecular weight excluding hydrogens is 260 g/mol. The van der Waals surface area contributed by atoms with Crippen molar-refractivity contribution in [2.24, 2.45) is 5.73 Å². The number of rotatable bonds is 5. The zero-order valence-corrected chi connectivity index (χ0v) is 12.5. The lowest BCUT2D eigenvalue weighted by Crippen LogP contribution is -2.32. The van der Waals surface area contributed by atoms with E-state index < -0.39 is 0 Å². The van der Waals surface area contributed by atoms with E-state index in [0.29, 0.717) is 13.2 Å². The van der Waals surface area contributed by atoms with Crippen LogP contribution in [0.4, 0.5) is 5.69 Å². The topological polar surface area (TPSA) is 38.5 Å². The molecule has 0 bridgehead atoms. The van der Waals surface area contributed by atoms with Gasteiger partial charge in [-0.15, -0.1) is 0 Å². The van der Waals surface area contributed by atoms with Gasteiger partial charge in [0.1, 0.15) is 5.75 Å². The molecule has 1 heterocycles. The average Bonchev–Trinajstić information content (AvgIpc) is 2.94. The van der Waals surface area contributed by atoms with Gasteiger partial charge in [0, 0.05) is 18.8 Å². The second-order valence-corrected chi connectivity index (χ2v) is 5.33. The third-order valence-corrected chi connectivity index (χ3v) is 4.10. The lowest BCUT2D eigenvalue weighted by Gasteiger charge is -2.30. The Kier molecular flexibility index (Phi) is 4.11. The number of hydrogen-bond donors (Lipinski definition) is 1. The summed E-state index contributed by atoms with van der Waals surface area (Å²) in [5, 5.41) is 0. The lowest BCUT2D eigenvalue weighted by atomic mass is 10.0.